The fourth-order valence-electron chi connectivity index (χ4n) is 3.14. The molecule has 1 aromatic heterocycles. The summed E-state index contributed by atoms with van der Waals surface area (Å²) in [6.45, 7) is 3.52. The third kappa shape index (κ3) is 4.33. The molecule has 5 heteroatoms. The van der Waals surface area contributed by atoms with Crippen molar-refractivity contribution in [2.24, 2.45) is 5.92 Å². The van der Waals surface area contributed by atoms with Crippen molar-refractivity contribution in [1.29, 1.82) is 0 Å². The molecule has 1 heterocycles. The smallest absolute Gasteiger partial charge is 0.125 e. The van der Waals surface area contributed by atoms with E-state index in [9.17, 15) is 5.11 Å². The highest BCUT2D eigenvalue weighted by Gasteiger charge is 2.33. The molecule has 3 atom stereocenters. The zero-order valence-electron chi connectivity index (χ0n) is 13.5. The van der Waals surface area contributed by atoms with E-state index in [1.54, 1.807) is 6.20 Å². The van der Waals surface area contributed by atoms with Crippen LogP contribution in [0.15, 0.2) is 36.7 Å². The summed E-state index contributed by atoms with van der Waals surface area (Å²) in [7, 11) is 0. The summed E-state index contributed by atoms with van der Waals surface area (Å²) >= 11 is 0. The van der Waals surface area contributed by atoms with Crippen LogP contribution in [0.1, 0.15) is 30.7 Å². The Kier molecular flexibility index (Phi) is 5.31. The lowest BCUT2D eigenvalue weighted by molar-refractivity contribution is -0.0306. The molecule has 23 heavy (non-hydrogen) atoms. The number of nitrogens with zero attached hydrogens (tertiary/aromatic N) is 1. The highest BCUT2D eigenvalue weighted by molar-refractivity contribution is 5.26. The Morgan fingerprint density at radius 3 is 2.87 bits per heavy atom. The largest absolute Gasteiger partial charge is 0.488 e. The number of aromatic amines is 1. The van der Waals surface area contributed by atoms with Crippen molar-refractivity contribution < 1.29 is 9.84 Å². The number of aliphatic hydroxyl groups is 1. The van der Waals surface area contributed by atoms with E-state index in [2.05, 4.69) is 22.2 Å². The van der Waals surface area contributed by atoms with Crippen molar-refractivity contribution in [3.8, 4) is 5.75 Å². The van der Waals surface area contributed by atoms with Crippen LogP contribution >= 0.6 is 0 Å². The van der Waals surface area contributed by atoms with Gasteiger partial charge in [0, 0.05) is 24.9 Å². The zero-order valence-corrected chi connectivity index (χ0v) is 13.5. The van der Waals surface area contributed by atoms with Crippen LogP contribution in [0.2, 0.25) is 0 Å². The molecule has 5 nitrogen and oxygen atoms in total. The molecular formula is C18H25N3O2. The fourth-order valence-corrected chi connectivity index (χ4v) is 3.14. The minimum Gasteiger partial charge on any atom is -0.488 e. The van der Waals surface area contributed by atoms with Gasteiger partial charge in [-0.25, -0.2) is 4.98 Å². The van der Waals surface area contributed by atoms with Gasteiger partial charge in [-0.2, -0.15) is 0 Å². The van der Waals surface area contributed by atoms with Crippen LogP contribution in [0.4, 0.5) is 0 Å². The number of hydrogen-bond donors (Lipinski definition) is 3. The molecule has 1 aromatic carbocycles. The molecule has 3 N–H and O–H groups in total. The summed E-state index contributed by atoms with van der Waals surface area (Å²) in [6, 6.07) is 8.02. The van der Waals surface area contributed by atoms with E-state index in [0.717, 1.165) is 37.4 Å². The normalized spacial score (nSPS) is 24.5. The maximum absolute atomic E-state index is 10.6. The van der Waals surface area contributed by atoms with E-state index < -0.39 is 6.10 Å². The van der Waals surface area contributed by atoms with Crippen LogP contribution in [0.5, 0.6) is 5.75 Å². The Hall–Kier alpha value is -1.85. The van der Waals surface area contributed by atoms with Crippen LogP contribution < -0.4 is 10.1 Å². The van der Waals surface area contributed by atoms with Gasteiger partial charge in [-0.05, 0) is 38.3 Å². The molecule has 1 saturated carbocycles. The van der Waals surface area contributed by atoms with Crippen LogP contribution in [0.3, 0.4) is 0 Å². The summed E-state index contributed by atoms with van der Waals surface area (Å²) in [6.07, 6.45) is 6.02. The number of benzene rings is 1. The Balaban J connectivity index is 1.51. The molecule has 0 radical (unpaired) electrons. The van der Waals surface area contributed by atoms with Gasteiger partial charge in [-0.15, -0.1) is 0 Å². The molecule has 1 aliphatic rings. The molecule has 3 rings (SSSR count). The van der Waals surface area contributed by atoms with Crippen LogP contribution in [-0.4, -0.2) is 33.8 Å². The SMILES string of the molecule is Cc1ccc(O[C@@H]2CCC[C@H](CNCc3ncc[nH]3)[C@H]2O)cc1. The molecule has 0 unspecified atom stereocenters. The molecule has 0 amide bonds. The van der Waals surface area contributed by atoms with E-state index in [-0.39, 0.29) is 12.0 Å². The number of nitrogens with one attached hydrogen (secondary N) is 2. The lowest BCUT2D eigenvalue weighted by Gasteiger charge is -2.35. The fraction of sp³-hybridized carbons (Fsp3) is 0.500. The second-order valence-corrected chi connectivity index (χ2v) is 6.32. The van der Waals surface area contributed by atoms with Crippen LogP contribution in [-0.2, 0) is 6.54 Å². The van der Waals surface area contributed by atoms with E-state index in [4.69, 9.17) is 4.74 Å². The van der Waals surface area contributed by atoms with E-state index in [1.165, 1.54) is 5.56 Å². The highest BCUT2D eigenvalue weighted by atomic mass is 16.5. The molecule has 124 valence electrons. The molecule has 0 saturated heterocycles. The number of imidazole rings is 1. The quantitative estimate of drug-likeness (QED) is 0.765. The second-order valence-electron chi connectivity index (χ2n) is 6.32. The summed E-state index contributed by atoms with van der Waals surface area (Å²) in [5.74, 6) is 1.97. The first-order valence-electron chi connectivity index (χ1n) is 8.33. The topological polar surface area (TPSA) is 70.2 Å². The van der Waals surface area contributed by atoms with Gasteiger partial charge in [0.15, 0.2) is 0 Å². The predicted octanol–water partition coefficient (Wildman–Crippen LogP) is 2.42. The number of ether oxygens (including phenoxy) is 1. The van der Waals surface area contributed by atoms with E-state index >= 15 is 0 Å². The number of rotatable bonds is 6. The van der Waals surface area contributed by atoms with Crippen molar-refractivity contribution in [2.75, 3.05) is 6.54 Å². The van der Waals surface area contributed by atoms with Gasteiger partial charge in [0.05, 0.1) is 12.6 Å². The van der Waals surface area contributed by atoms with E-state index in [1.807, 2.05) is 30.5 Å². The van der Waals surface area contributed by atoms with Gasteiger partial charge in [-0.3, -0.25) is 0 Å². The van der Waals surface area contributed by atoms with Crippen molar-refractivity contribution >= 4 is 0 Å². The first-order valence-corrected chi connectivity index (χ1v) is 8.33. The third-order valence-electron chi connectivity index (χ3n) is 4.49. The first kappa shape index (κ1) is 16.0. The van der Waals surface area contributed by atoms with Crippen molar-refractivity contribution in [2.45, 2.75) is 44.9 Å². The van der Waals surface area contributed by atoms with Gasteiger partial charge < -0.3 is 20.1 Å². The Bertz CT molecular complexity index is 583. The average Bonchev–Trinajstić information content (AvgIpc) is 3.06. The molecule has 0 aliphatic heterocycles. The van der Waals surface area contributed by atoms with E-state index in [0.29, 0.717) is 6.54 Å². The molecule has 1 fully saturated rings. The zero-order chi connectivity index (χ0) is 16.1. The Morgan fingerprint density at radius 1 is 1.30 bits per heavy atom. The van der Waals surface area contributed by atoms with Crippen molar-refractivity contribution in [1.82, 2.24) is 15.3 Å². The number of aliphatic hydroxyl groups excluding tert-OH is 1. The standard InChI is InChI=1S/C18H25N3O2/c1-13-5-7-15(8-6-13)23-16-4-2-3-14(18(16)22)11-19-12-17-20-9-10-21-17/h5-10,14,16,18-19,22H,2-4,11-12H2,1H3,(H,20,21)/t14-,16-,18-/m1/s1. The molecule has 0 spiro atoms. The minimum atomic E-state index is -0.436. The van der Waals surface area contributed by atoms with Crippen molar-refractivity contribution in [3.05, 3.63) is 48.0 Å². The maximum atomic E-state index is 10.6. The summed E-state index contributed by atoms with van der Waals surface area (Å²) < 4.78 is 6.01. The highest BCUT2D eigenvalue weighted by Crippen LogP contribution is 2.28. The number of aromatic nitrogens is 2. The molecule has 1 aliphatic carbocycles. The van der Waals surface area contributed by atoms with Gasteiger partial charge >= 0.3 is 0 Å². The number of hydrogen-bond acceptors (Lipinski definition) is 4. The minimum absolute atomic E-state index is 0.123. The summed E-state index contributed by atoms with van der Waals surface area (Å²) in [5, 5.41) is 14.0. The Labute approximate surface area is 137 Å². The third-order valence-corrected chi connectivity index (χ3v) is 4.49. The maximum Gasteiger partial charge on any atom is 0.125 e. The van der Waals surface area contributed by atoms with Crippen LogP contribution in [0.25, 0.3) is 0 Å². The van der Waals surface area contributed by atoms with Gasteiger partial charge in [0.1, 0.15) is 17.7 Å². The average molecular weight is 315 g/mol. The number of aryl methyl sites for hydroxylation is 1. The first-order chi connectivity index (χ1) is 11.2. The predicted molar refractivity (Wildman–Crippen MR) is 89.2 cm³/mol. The monoisotopic (exact) mass is 315 g/mol. The van der Waals surface area contributed by atoms with Gasteiger partial charge in [-0.1, -0.05) is 17.7 Å². The molecular weight excluding hydrogens is 290 g/mol. The molecule has 2 aromatic rings. The summed E-state index contributed by atoms with van der Waals surface area (Å²) in [4.78, 5) is 7.26. The van der Waals surface area contributed by atoms with Crippen molar-refractivity contribution in [3.63, 3.8) is 0 Å². The number of H-pyrrole nitrogens is 1. The van der Waals surface area contributed by atoms with Crippen LogP contribution in [0, 0.1) is 12.8 Å². The molecule has 0 bridgehead atoms. The van der Waals surface area contributed by atoms with Gasteiger partial charge in [0.25, 0.3) is 0 Å². The lowest BCUT2D eigenvalue weighted by Crippen LogP contribution is -2.44. The van der Waals surface area contributed by atoms with Gasteiger partial charge in [0.2, 0.25) is 0 Å². The summed E-state index contributed by atoms with van der Waals surface area (Å²) in [5.41, 5.74) is 1.21. The second kappa shape index (κ2) is 7.62. The lowest BCUT2D eigenvalue weighted by atomic mass is 9.84. The Morgan fingerprint density at radius 2 is 2.13 bits per heavy atom.